The number of tetrazole rings is 1. The van der Waals surface area contributed by atoms with Crippen molar-refractivity contribution in [1.29, 1.82) is 0 Å². The molecule has 3 aromatic rings. The lowest BCUT2D eigenvalue weighted by molar-refractivity contribution is 0.881. The van der Waals surface area contributed by atoms with Crippen molar-refractivity contribution in [3.63, 3.8) is 0 Å². The van der Waals surface area contributed by atoms with E-state index in [1.54, 1.807) is 6.33 Å². The number of aromatic amines is 1. The molecule has 74 valence electrons. The molecule has 0 unspecified atom stereocenters. The minimum absolute atomic E-state index is 0.586. The second-order valence-corrected chi connectivity index (χ2v) is 3.29. The van der Waals surface area contributed by atoms with Crippen LogP contribution in [-0.4, -0.2) is 30.2 Å². The molecule has 0 bridgehead atoms. The smallest absolute Gasteiger partial charge is 0.204 e. The van der Waals surface area contributed by atoms with Gasteiger partial charge in [-0.05, 0) is 23.4 Å². The van der Waals surface area contributed by atoms with Gasteiger partial charge in [0.2, 0.25) is 5.82 Å². The number of hydrogen-bond donors (Lipinski definition) is 1. The summed E-state index contributed by atoms with van der Waals surface area (Å²) in [7, 11) is 1.96. The first-order chi connectivity index (χ1) is 7.34. The minimum atomic E-state index is 0.586. The highest BCUT2D eigenvalue weighted by Crippen LogP contribution is 2.19. The normalized spacial score (nSPS) is 11.0. The average molecular weight is 200 g/mol. The van der Waals surface area contributed by atoms with Crippen molar-refractivity contribution >= 4 is 11.0 Å². The van der Waals surface area contributed by atoms with Gasteiger partial charge in [0.1, 0.15) is 0 Å². The molecule has 0 atom stereocenters. The van der Waals surface area contributed by atoms with Crippen LogP contribution in [0.2, 0.25) is 0 Å². The molecule has 15 heavy (non-hydrogen) atoms. The maximum absolute atomic E-state index is 4.27. The summed E-state index contributed by atoms with van der Waals surface area (Å²) in [5.74, 6) is 0.586. The minimum Gasteiger partial charge on any atom is -0.334 e. The summed E-state index contributed by atoms with van der Waals surface area (Å²) in [5, 5.41) is 13.8. The molecule has 2 aromatic heterocycles. The van der Waals surface area contributed by atoms with E-state index >= 15 is 0 Å². The zero-order valence-corrected chi connectivity index (χ0v) is 8.05. The van der Waals surface area contributed by atoms with Crippen LogP contribution in [0.1, 0.15) is 0 Å². The van der Waals surface area contributed by atoms with Crippen molar-refractivity contribution in [1.82, 2.24) is 30.2 Å². The van der Waals surface area contributed by atoms with Crippen molar-refractivity contribution < 1.29 is 0 Å². The maximum atomic E-state index is 4.27. The van der Waals surface area contributed by atoms with Crippen molar-refractivity contribution in [3.8, 4) is 11.4 Å². The molecule has 3 rings (SSSR count). The van der Waals surface area contributed by atoms with E-state index in [1.807, 2.05) is 29.8 Å². The number of fused-ring (bicyclic) bond motifs is 1. The van der Waals surface area contributed by atoms with E-state index < -0.39 is 0 Å². The van der Waals surface area contributed by atoms with Crippen LogP contribution in [0.5, 0.6) is 0 Å². The van der Waals surface area contributed by atoms with E-state index in [9.17, 15) is 0 Å². The lowest BCUT2D eigenvalue weighted by atomic mass is 10.2. The Kier molecular flexibility index (Phi) is 1.55. The molecule has 0 aliphatic heterocycles. The van der Waals surface area contributed by atoms with Crippen LogP contribution >= 0.6 is 0 Å². The summed E-state index contributed by atoms with van der Waals surface area (Å²) in [6, 6.07) is 5.89. The number of imidazole rings is 1. The SMILES string of the molecule is Cn1cnc2cc(-c3nn[nH]n3)ccc21. The summed E-state index contributed by atoms with van der Waals surface area (Å²) in [4.78, 5) is 4.27. The number of nitrogens with one attached hydrogen (secondary N) is 1. The van der Waals surface area contributed by atoms with Gasteiger partial charge < -0.3 is 4.57 Å². The third kappa shape index (κ3) is 1.18. The van der Waals surface area contributed by atoms with Gasteiger partial charge >= 0.3 is 0 Å². The molecule has 1 N–H and O–H groups in total. The number of hydrogen-bond acceptors (Lipinski definition) is 4. The van der Waals surface area contributed by atoms with E-state index in [0.29, 0.717) is 5.82 Å². The van der Waals surface area contributed by atoms with E-state index in [0.717, 1.165) is 16.6 Å². The molecule has 0 aliphatic carbocycles. The van der Waals surface area contributed by atoms with Crippen LogP contribution in [0, 0.1) is 0 Å². The lowest BCUT2D eigenvalue weighted by Gasteiger charge is -1.96. The maximum Gasteiger partial charge on any atom is 0.204 e. The van der Waals surface area contributed by atoms with Crippen molar-refractivity contribution in [2.24, 2.45) is 7.05 Å². The fourth-order valence-electron chi connectivity index (χ4n) is 1.56. The van der Waals surface area contributed by atoms with Crippen molar-refractivity contribution in [2.75, 3.05) is 0 Å². The second kappa shape index (κ2) is 2.88. The Labute approximate surface area is 84.9 Å². The third-order valence-corrected chi connectivity index (χ3v) is 2.33. The third-order valence-electron chi connectivity index (χ3n) is 2.33. The zero-order chi connectivity index (χ0) is 10.3. The van der Waals surface area contributed by atoms with E-state index in [1.165, 1.54) is 0 Å². The number of aromatic nitrogens is 6. The van der Waals surface area contributed by atoms with Gasteiger partial charge in [-0.25, -0.2) is 4.98 Å². The number of rotatable bonds is 1. The Bertz CT molecular complexity index is 594. The molecule has 1 aromatic carbocycles. The fourth-order valence-corrected chi connectivity index (χ4v) is 1.56. The highest BCUT2D eigenvalue weighted by molar-refractivity contribution is 5.80. The Hall–Kier alpha value is -2.24. The van der Waals surface area contributed by atoms with Gasteiger partial charge in [0.05, 0.1) is 17.4 Å². The van der Waals surface area contributed by atoms with Crippen molar-refractivity contribution in [2.45, 2.75) is 0 Å². The standard InChI is InChI=1S/C9H8N6/c1-15-5-10-7-4-6(2-3-8(7)15)9-11-13-14-12-9/h2-5H,1H3,(H,11,12,13,14). The summed E-state index contributed by atoms with van der Waals surface area (Å²) in [6.07, 6.45) is 1.78. The van der Waals surface area contributed by atoms with Crippen LogP contribution in [0.3, 0.4) is 0 Å². The number of H-pyrrole nitrogens is 1. The number of benzene rings is 1. The molecular formula is C9H8N6. The van der Waals surface area contributed by atoms with Crippen LogP contribution in [-0.2, 0) is 7.05 Å². The lowest BCUT2D eigenvalue weighted by Crippen LogP contribution is -1.85. The van der Waals surface area contributed by atoms with Gasteiger partial charge in [-0.2, -0.15) is 5.21 Å². The summed E-state index contributed by atoms with van der Waals surface area (Å²) in [5.41, 5.74) is 2.93. The molecule has 0 saturated heterocycles. The molecule has 0 fully saturated rings. The Morgan fingerprint density at radius 3 is 3.07 bits per heavy atom. The van der Waals surface area contributed by atoms with Gasteiger partial charge in [0, 0.05) is 12.6 Å². The summed E-state index contributed by atoms with van der Waals surface area (Å²) in [6.45, 7) is 0. The summed E-state index contributed by atoms with van der Waals surface area (Å²) >= 11 is 0. The second-order valence-electron chi connectivity index (χ2n) is 3.29. The molecule has 6 nitrogen and oxygen atoms in total. The number of nitrogens with zero attached hydrogens (tertiary/aromatic N) is 5. The van der Waals surface area contributed by atoms with Crippen LogP contribution in [0.25, 0.3) is 22.4 Å². The number of aryl methyl sites for hydroxylation is 1. The van der Waals surface area contributed by atoms with Gasteiger partial charge in [-0.3, -0.25) is 0 Å². The van der Waals surface area contributed by atoms with E-state index in [-0.39, 0.29) is 0 Å². The van der Waals surface area contributed by atoms with Gasteiger partial charge in [0.15, 0.2) is 0 Å². The molecule has 0 radical (unpaired) electrons. The zero-order valence-electron chi connectivity index (χ0n) is 8.05. The Morgan fingerprint density at radius 2 is 2.27 bits per heavy atom. The van der Waals surface area contributed by atoms with Crippen LogP contribution in [0.15, 0.2) is 24.5 Å². The highest BCUT2D eigenvalue weighted by Gasteiger charge is 2.05. The highest BCUT2D eigenvalue weighted by atomic mass is 15.5. The predicted molar refractivity (Wildman–Crippen MR) is 53.9 cm³/mol. The van der Waals surface area contributed by atoms with Gasteiger partial charge in [0.25, 0.3) is 0 Å². The van der Waals surface area contributed by atoms with E-state index in [2.05, 4.69) is 25.6 Å². The quantitative estimate of drug-likeness (QED) is 0.629. The van der Waals surface area contributed by atoms with Crippen molar-refractivity contribution in [3.05, 3.63) is 24.5 Å². The fraction of sp³-hybridized carbons (Fsp3) is 0.111. The molecule has 6 heteroatoms. The van der Waals surface area contributed by atoms with E-state index in [4.69, 9.17) is 0 Å². The van der Waals surface area contributed by atoms with Crippen LogP contribution in [0.4, 0.5) is 0 Å². The molecule has 0 aliphatic rings. The van der Waals surface area contributed by atoms with Crippen LogP contribution < -0.4 is 0 Å². The largest absolute Gasteiger partial charge is 0.334 e. The predicted octanol–water partition coefficient (Wildman–Crippen LogP) is 0.753. The summed E-state index contributed by atoms with van der Waals surface area (Å²) < 4.78 is 1.97. The Morgan fingerprint density at radius 1 is 1.33 bits per heavy atom. The Balaban J connectivity index is 2.23. The monoisotopic (exact) mass is 200 g/mol. The van der Waals surface area contributed by atoms with Gasteiger partial charge in [-0.1, -0.05) is 0 Å². The first-order valence-electron chi connectivity index (χ1n) is 4.49. The van der Waals surface area contributed by atoms with Gasteiger partial charge in [-0.15, -0.1) is 10.2 Å². The molecule has 0 amide bonds. The first-order valence-corrected chi connectivity index (χ1v) is 4.49. The molecule has 0 saturated carbocycles. The molecule has 2 heterocycles. The average Bonchev–Trinajstić information content (AvgIpc) is 2.88. The molecular weight excluding hydrogens is 192 g/mol. The first kappa shape index (κ1) is 8.10. The molecule has 0 spiro atoms. The topological polar surface area (TPSA) is 72.3 Å².